The van der Waals surface area contributed by atoms with E-state index in [-0.39, 0.29) is 19.6 Å². The van der Waals surface area contributed by atoms with E-state index < -0.39 is 24.0 Å². The number of aromatic nitrogens is 2. The highest BCUT2D eigenvalue weighted by Gasteiger charge is 2.24. The Morgan fingerprint density at radius 2 is 1.71 bits per heavy atom. The van der Waals surface area contributed by atoms with E-state index in [0.717, 1.165) is 59.8 Å². The Bertz CT molecular complexity index is 1480. The van der Waals surface area contributed by atoms with E-state index >= 15 is 0 Å². The zero-order chi connectivity index (χ0) is 29.7. The third-order valence-corrected chi connectivity index (χ3v) is 6.80. The number of anilines is 1. The monoisotopic (exact) mass is 570 g/mol. The minimum Gasteiger partial charge on any atom is -0.463 e. The van der Waals surface area contributed by atoms with Crippen molar-refractivity contribution in [3.8, 4) is 5.69 Å². The molecule has 0 spiro atoms. The molecule has 0 saturated carbocycles. The number of carbonyl (C=O) groups is 3. The number of nitrogens with zero attached hydrogens (tertiary/aromatic N) is 2. The van der Waals surface area contributed by atoms with Gasteiger partial charge in [0.2, 0.25) is 0 Å². The van der Waals surface area contributed by atoms with Gasteiger partial charge in [-0.05, 0) is 54.8 Å². The molecule has 3 aromatic carbocycles. The first-order valence-corrected chi connectivity index (χ1v) is 14.4. The number of nitrogens with one attached hydrogen (secondary N) is 2. The Balaban J connectivity index is 1.43. The fraction of sp³-hybridized carbons (Fsp3) is 0.333. The summed E-state index contributed by atoms with van der Waals surface area (Å²) < 4.78 is 12.5. The number of unbranched alkanes of at least 4 members (excludes halogenated alkanes) is 4. The molecule has 1 aromatic heterocycles. The molecule has 4 rings (SSSR count). The summed E-state index contributed by atoms with van der Waals surface area (Å²) in [4.78, 5) is 38.3. The van der Waals surface area contributed by atoms with E-state index in [4.69, 9.17) is 9.47 Å². The summed E-state index contributed by atoms with van der Waals surface area (Å²) in [5.41, 5.74) is 4.12. The summed E-state index contributed by atoms with van der Waals surface area (Å²) in [7, 11) is 0. The molecule has 0 bridgehead atoms. The molecule has 9 nitrogen and oxygen atoms in total. The topological polar surface area (TPSA) is 112 Å². The Labute approximate surface area is 246 Å². The number of hydrogen-bond acceptors (Lipinski definition) is 6. The highest BCUT2D eigenvalue weighted by atomic mass is 16.6. The zero-order valence-corrected chi connectivity index (χ0v) is 24.2. The highest BCUT2D eigenvalue weighted by molar-refractivity contribution is 5.98. The van der Waals surface area contributed by atoms with Crippen molar-refractivity contribution in [3.05, 3.63) is 90.1 Å². The molecule has 42 heavy (non-hydrogen) atoms. The second-order valence-electron chi connectivity index (χ2n) is 10.3. The van der Waals surface area contributed by atoms with Crippen molar-refractivity contribution in [2.45, 2.75) is 65.0 Å². The van der Waals surface area contributed by atoms with Crippen LogP contribution in [0.25, 0.3) is 16.6 Å². The average molecular weight is 571 g/mol. The van der Waals surface area contributed by atoms with Crippen molar-refractivity contribution >= 4 is 34.6 Å². The number of ether oxygens (including phenoxy) is 2. The third kappa shape index (κ3) is 8.92. The van der Waals surface area contributed by atoms with Gasteiger partial charge in [0.05, 0.1) is 17.4 Å². The van der Waals surface area contributed by atoms with Crippen LogP contribution in [0.5, 0.6) is 0 Å². The van der Waals surface area contributed by atoms with Gasteiger partial charge in [-0.25, -0.2) is 9.48 Å². The van der Waals surface area contributed by atoms with Gasteiger partial charge in [0.15, 0.2) is 0 Å². The van der Waals surface area contributed by atoms with Gasteiger partial charge in [-0.2, -0.15) is 5.10 Å². The highest BCUT2D eigenvalue weighted by Crippen LogP contribution is 2.23. The van der Waals surface area contributed by atoms with Crippen LogP contribution in [0.2, 0.25) is 0 Å². The van der Waals surface area contributed by atoms with Crippen LogP contribution in [0.3, 0.4) is 0 Å². The molecule has 0 radical (unpaired) electrons. The Morgan fingerprint density at radius 1 is 0.905 bits per heavy atom. The van der Waals surface area contributed by atoms with Gasteiger partial charge in [-0.15, -0.1) is 0 Å². The first-order chi connectivity index (χ1) is 20.4. The normalized spacial score (nSPS) is 11.6. The number of amides is 2. The smallest absolute Gasteiger partial charge is 0.408 e. The fourth-order valence-corrected chi connectivity index (χ4v) is 4.50. The molecular formula is C33H38N4O5. The van der Waals surface area contributed by atoms with Gasteiger partial charge in [0.1, 0.15) is 19.3 Å². The summed E-state index contributed by atoms with van der Waals surface area (Å²) in [5.74, 6) is -0.949. The van der Waals surface area contributed by atoms with Gasteiger partial charge in [-0.3, -0.25) is 9.59 Å². The quantitative estimate of drug-likeness (QED) is 0.133. The van der Waals surface area contributed by atoms with Crippen molar-refractivity contribution in [1.29, 1.82) is 0 Å². The first-order valence-electron chi connectivity index (χ1n) is 14.4. The Kier molecular flexibility index (Phi) is 11.1. The van der Waals surface area contributed by atoms with E-state index in [0.29, 0.717) is 5.69 Å². The molecular weight excluding hydrogens is 532 g/mol. The lowest BCUT2D eigenvalue weighted by Crippen LogP contribution is -2.47. The lowest BCUT2D eigenvalue weighted by molar-refractivity contribution is -0.145. The predicted octanol–water partition coefficient (Wildman–Crippen LogP) is 6.47. The van der Waals surface area contributed by atoms with Crippen molar-refractivity contribution in [2.75, 3.05) is 11.9 Å². The summed E-state index contributed by atoms with van der Waals surface area (Å²) in [6, 6.07) is 21.5. The Morgan fingerprint density at radius 3 is 2.50 bits per heavy atom. The van der Waals surface area contributed by atoms with E-state index in [1.807, 2.05) is 73.7 Å². The van der Waals surface area contributed by atoms with Gasteiger partial charge in [0.25, 0.3) is 5.91 Å². The van der Waals surface area contributed by atoms with Crippen molar-refractivity contribution in [1.82, 2.24) is 15.1 Å². The molecule has 0 aliphatic heterocycles. The molecule has 4 aromatic rings. The number of fused-ring (bicyclic) bond motifs is 1. The fourth-order valence-electron chi connectivity index (χ4n) is 4.50. The number of hydrogen-bond donors (Lipinski definition) is 2. The molecule has 0 saturated heterocycles. The summed E-state index contributed by atoms with van der Waals surface area (Å²) in [6.07, 6.45) is 6.21. The number of benzene rings is 3. The molecule has 2 N–H and O–H groups in total. The molecule has 9 heteroatoms. The van der Waals surface area contributed by atoms with E-state index in [2.05, 4.69) is 22.7 Å². The first kappa shape index (κ1) is 30.3. The third-order valence-electron chi connectivity index (χ3n) is 6.80. The summed E-state index contributed by atoms with van der Waals surface area (Å²) in [6.45, 7) is 3.87. The van der Waals surface area contributed by atoms with E-state index in [1.165, 1.54) is 0 Å². The van der Waals surface area contributed by atoms with Crippen molar-refractivity contribution in [2.24, 2.45) is 0 Å². The van der Waals surface area contributed by atoms with Crippen LogP contribution in [0, 0.1) is 6.92 Å². The number of carbonyl (C=O) groups excluding carboxylic acids is 3. The van der Waals surface area contributed by atoms with Crippen LogP contribution in [0.4, 0.5) is 10.5 Å². The van der Waals surface area contributed by atoms with Crippen molar-refractivity contribution < 1.29 is 23.9 Å². The van der Waals surface area contributed by atoms with Gasteiger partial charge < -0.3 is 20.1 Å². The van der Waals surface area contributed by atoms with Crippen LogP contribution in [0.1, 0.15) is 56.6 Å². The lowest BCUT2D eigenvalue weighted by Gasteiger charge is -2.19. The average Bonchev–Trinajstić information content (AvgIpc) is 3.42. The van der Waals surface area contributed by atoms with Gasteiger partial charge >= 0.3 is 12.1 Å². The molecule has 220 valence electrons. The maximum Gasteiger partial charge on any atom is 0.408 e. The molecule has 2 amide bonds. The van der Waals surface area contributed by atoms with Crippen LogP contribution < -0.4 is 10.6 Å². The van der Waals surface area contributed by atoms with E-state index in [1.54, 1.807) is 16.9 Å². The van der Waals surface area contributed by atoms with Gasteiger partial charge in [0, 0.05) is 17.5 Å². The second-order valence-corrected chi connectivity index (χ2v) is 10.3. The van der Waals surface area contributed by atoms with Crippen LogP contribution in [-0.4, -0.2) is 40.4 Å². The molecule has 0 aliphatic carbocycles. The molecule has 0 unspecified atom stereocenters. The maximum atomic E-state index is 13.3. The van der Waals surface area contributed by atoms with Crippen LogP contribution in [0.15, 0.2) is 79.0 Å². The van der Waals surface area contributed by atoms with Crippen LogP contribution >= 0.6 is 0 Å². The number of aryl methyl sites for hydroxylation is 1. The second kappa shape index (κ2) is 15.4. The van der Waals surface area contributed by atoms with Crippen molar-refractivity contribution in [3.63, 3.8) is 0 Å². The van der Waals surface area contributed by atoms with Crippen LogP contribution in [-0.2, 0) is 25.7 Å². The SMILES string of the molecule is CCCCCCCC(=O)OC[C@H](NC(=O)OCc1ccccc1)C(=O)Nc1ccc2cnn(-c3cccc(C)c3)c2c1. The largest absolute Gasteiger partial charge is 0.463 e. The Hall–Kier alpha value is -4.66. The van der Waals surface area contributed by atoms with Gasteiger partial charge in [-0.1, -0.05) is 75.1 Å². The summed E-state index contributed by atoms with van der Waals surface area (Å²) in [5, 5.41) is 10.8. The minimum atomic E-state index is -1.16. The molecule has 0 fully saturated rings. The maximum absolute atomic E-state index is 13.3. The summed E-state index contributed by atoms with van der Waals surface area (Å²) >= 11 is 0. The number of esters is 1. The number of alkyl carbamates (subject to hydrolysis) is 1. The van der Waals surface area contributed by atoms with E-state index in [9.17, 15) is 14.4 Å². The minimum absolute atomic E-state index is 0.0399. The molecule has 1 atom stereocenters. The number of rotatable bonds is 14. The predicted molar refractivity (Wildman–Crippen MR) is 162 cm³/mol. The zero-order valence-electron chi connectivity index (χ0n) is 24.2. The molecule has 1 heterocycles. The standard InChI is InChI=1S/C33H38N4O5/c1-3-4-5-6-10-16-31(38)41-23-29(36-33(40)42-22-25-13-8-7-9-14-25)32(39)35-27-18-17-26-21-34-37(30(26)20-27)28-15-11-12-24(2)19-28/h7-9,11-15,17-21,29H,3-6,10,16,22-23H2,1-2H3,(H,35,39)(H,36,40)/t29-/m0/s1. The molecule has 0 aliphatic rings. The lowest BCUT2D eigenvalue weighted by atomic mass is 10.1.